The Kier molecular flexibility index (Phi) is 5.48. The highest BCUT2D eigenvalue weighted by molar-refractivity contribution is 6.62. The van der Waals surface area contributed by atoms with Crippen LogP contribution in [-0.4, -0.2) is 19.0 Å². The minimum absolute atomic E-state index is 0.405. The second kappa shape index (κ2) is 6.64. The molecule has 0 aromatic heterocycles. The van der Waals surface area contributed by atoms with Gasteiger partial charge in [0.25, 0.3) is 0 Å². The molecular weight excluding hydrogens is 250 g/mol. The van der Waals surface area contributed by atoms with Crippen LogP contribution >= 0.6 is 11.6 Å². The zero-order chi connectivity index (χ0) is 13.7. The number of nitrogens with one attached hydrogen (secondary N) is 1. The van der Waals surface area contributed by atoms with E-state index in [0.29, 0.717) is 12.5 Å². The van der Waals surface area contributed by atoms with Crippen LogP contribution < -0.4 is 10.1 Å². The summed E-state index contributed by atoms with van der Waals surface area (Å²) >= 11 is 5.24. The third-order valence-corrected chi connectivity index (χ3v) is 3.10. The summed E-state index contributed by atoms with van der Waals surface area (Å²) in [7, 11) is 1.69. The molecule has 0 bridgehead atoms. The first-order valence-corrected chi connectivity index (χ1v) is 6.44. The number of methoxy groups -OCH3 is 1. The number of aryl methyl sites for hydroxylation is 1. The van der Waals surface area contributed by atoms with Gasteiger partial charge in [0.15, 0.2) is 0 Å². The van der Waals surface area contributed by atoms with E-state index in [1.807, 2.05) is 13.0 Å². The molecular formula is C14H20ClNO2. The van der Waals surface area contributed by atoms with E-state index in [2.05, 4.69) is 25.2 Å². The van der Waals surface area contributed by atoms with E-state index in [-0.39, 0.29) is 0 Å². The van der Waals surface area contributed by atoms with Crippen LogP contribution in [0.2, 0.25) is 0 Å². The molecule has 1 aromatic rings. The van der Waals surface area contributed by atoms with Gasteiger partial charge in [-0.2, -0.15) is 0 Å². The van der Waals surface area contributed by atoms with Gasteiger partial charge in [-0.25, -0.2) is 0 Å². The zero-order valence-corrected chi connectivity index (χ0v) is 12.1. The lowest BCUT2D eigenvalue weighted by atomic mass is 9.95. The van der Waals surface area contributed by atoms with E-state index in [1.165, 1.54) is 16.7 Å². The smallest absolute Gasteiger partial charge is 0.313 e. The fraction of sp³-hybridized carbons (Fsp3) is 0.500. The van der Waals surface area contributed by atoms with Gasteiger partial charge in [-0.05, 0) is 53.6 Å². The quantitative estimate of drug-likeness (QED) is 0.655. The molecule has 0 saturated heterocycles. The maximum Gasteiger partial charge on any atom is 0.313 e. The summed E-state index contributed by atoms with van der Waals surface area (Å²) in [6, 6.07) is 4.20. The van der Waals surface area contributed by atoms with Gasteiger partial charge in [-0.15, -0.1) is 0 Å². The lowest BCUT2D eigenvalue weighted by Crippen LogP contribution is -2.19. The Morgan fingerprint density at radius 1 is 1.44 bits per heavy atom. The average Bonchev–Trinajstić information content (AvgIpc) is 2.29. The number of halogens is 1. The van der Waals surface area contributed by atoms with Gasteiger partial charge in [-0.1, -0.05) is 19.9 Å². The zero-order valence-electron chi connectivity index (χ0n) is 11.3. The lowest BCUT2D eigenvalue weighted by molar-refractivity contribution is 0.260. The highest BCUT2D eigenvalue weighted by Crippen LogP contribution is 2.29. The van der Waals surface area contributed by atoms with Crippen LogP contribution in [0, 0.1) is 6.92 Å². The van der Waals surface area contributed by atoms with E-state index < -0.39 is 5.37 Å². The van der Waals surface area contributed by atoms with Gasteiger partial charge in [0.2, 0.25) is 0 Å². The van der Waals surface area contributed by atoms with E-state index in [1.54, 1.807) is 7.11 Å². The number of ether oxygens (including phenoxy) is 1. The first-order valence-electron chi connectivity index (χ1n) is 6.06. The number of hydrogen-bond acceptors (Lipinski definition) is 2. The molecule has 1 rings (SSSR count). The minimum Gasteiger partial charge on any atom is -0.496 e. The van der Waals surface area contributed by atoms with Gasteiger partial charge in [0.05, 0.1) is 7.11 Å². The molecule has 0 atom stereocenters. The van der Waals surface area contributed by atoms with Crippen LogP contribution in [-0.2, 0) is 6.42 Å². The SMILES string of the molecule is COc1cc(C)c(CCNC(=O)Cl)cc1C(C)C. The lowest BCUT2D eigenvalue weighted by Gasteiger charge is -2.16. The molecule has 1 N–H and O–H groups in total. The van der Waals surface area contributed by atoms with Crippen molar-refractivity contribution in [1.82, 2.24) is 5.32 Å². The van der Waals surface area contributed by atoms with Crippen molar-refractivity contribution in [3.05, 3.63) is 28.8 Å². The summed E-state index contributed by atoms with van der Waals surface area (Å²) in [6.07, 6.45) is 0.772. The topological polar surface area (TPSA) is 38.3 Å². The predicted molar refractivity (Wildman–Crippen MR) is 74.8 cm³/mol. The van der Waals surface area contributed by atoms with Crippen molar-refractivity contribution in [1.29, 1.82) is 0 Å². The molecule has 0 spiro atoms. The maximum atomic E-state index is 10.6. The second-order valence-electron chi connectivity index (χ2n) is 4.63. The van der Waals surface area contributed by atoms with E-state index in [4.69, 9.17) is 16.3 Å². The van der Waals surface area contributed by atoms with Gasteiger partial charge < -0.3 is 10.1 Å². The Labute approximate surface area is 113 Å². The standard InChI is InChI=1S/C14H20ClNO2/c1-9(2)12-8-11(5-6-16-14(15)17)10(3)7-13(12)18-4/h7-9H,5-6H2,1-4H3,(H,16,17). The molecule has 0 aliphatic carbocycles. The minimum atomic E-state index is -0.509. The fourth-order valence-corrected chi connectivity index (χ4v) is 2.03. The number of benzene rings is 1. The van der Waals surface area contributed by atoms with E-state index in [9.17, 15) is 4.79 Å². The molecule has 4 heteroatoms. The van der Waals surface area contributed by atoms with Gasteiger partial charge in [0.1, 0.15) is 5.75 Å². The van der Waals surface area contributed by atoms with Crippen molar-refractivity contribution in [2.75, 3.05) is 13.7 Å². The molecule has 0 aliphatic rings. The molecule has 3 nitrogen and oxygen atoms in total. The third kappa shape index (κ3) is 3.91. The molecule has 0 fully saturated rings. The monoisotopic (exact) mass is 269 g/mol. The second-order valence-corrected chi connectivity index (χ2v) is 4.97. The van der Waals surface area contributed by atoms with E-state index >= 15 is 0 Å². The Bertz CT molecular complexity index is 430. The number of rotatable bonds is 5. The maximum absolute atomic E-state index is 10.6. The van der Waals surface area contributed by atoms with Crippen LogP contribution in [0.25, 0.3) is 0 Å². The van der Waals surface area contributed by atoms with Crippen molar-refractivity contribution < 1.29 is 9.53 Å². The molecule has 0 aliphatic heterocycles. The first-order chi connectivity index (χ1) is 8.45. The Hall–Kier alpha value is -1.22. The van der Waals surface area contributed by atoms with Crippen LogP contribution in [0.5, 0.6) is 5.75 Å². The highest BCUT2D eigenvalue weighted by Gasteiger charge is 2.11. The average molecular weight is 270 g/mol. The highest BCUT2D eigenvalue weighted by atomic mass is 35.5. The number of carbonyl (C=O) groups is 1. The largest absolute Gasteiger partial charge is 0.496 e. The summed E-state index contributed by atoms with van der Waals surface area (Å²) < 4.78 is 5.39. The van der Waals surface area contributed by atoms with Gasteiger partial charge in [0, 0.05) is 6.54 Å². The molecule has 0 heterocycles. The van der Waals surface area contributed by atoms with Crippen molar-refractivity contribution in [3.8, 4) is 5.75 Å². The summed E-state index contributed by atoms with van der Waals surface area (Å²) in [4.78, 5) is 10.6. The number of carbonyl (C=O) groups excluding carboxylic acids is 1. The van der Waals surface area contributed by atoms with Crippen molar-refractivity contribution in [2.24, 2.45) is 0 Å². The molecule has 18 heavy (non-hydrogen) atoms. The summed E-state index contributed by atoms with van der Waals surface area (Å²) in [6.45, 7) is 6.87. The Morgan fingerprint density at radius 3 is 2.61 bits per heavy atom. The predicted octanol–water partition coefficient (Wildman–Crippen LogP) is 3.62. The fourth-order valence-electron chi connectivity index (χ4n) is 1.94. The normalized spacial score (nSPS) is 10.6. The Balaban J connectivity index is 2.91. The Morgan fingerprint density at radius 2 is 2.11 bits per heavy atom. The van der Waals surface area contributed by atoms with Crippen LogP contribution in [0.4, 0.5) is 4.79 Å². The van der Waals surface area contributed by atoms with Gasteiger partial charge >= 0.3 is 5.37 Å². The number of amides is 1. The van der Waals surface area contributed by atoms with Crippen molar-refractivity contribution in [2.45, 2.75) is 33.1 Å². The van der Waals surface area contributed by atoms with Crippen LogP contribution in [0.3, 0.4) is 0 Å². The molecule has 1 aromatic carbocycles. The van der Waals surface area contributed by atoms with Gasteiger partial charge in [-0.3, -0.25) is 4.79 Å². The van der Waals surface area contributed by atoms with Crippen LogP contribution in [0.15, 0.2) is 12.1 Å². The summed E-state index contributed by atoms with van der Waals surface area (Å²) in [5.41, 5.74) is 3.57. The summed E-state index contributed by atoms with van der Waals surface area (Å²) in [5.74, 6) is 1.33. The third-order valence-electron chi connectivity index (χ3n) is 2.97. The molecule has 1 amide bonds. The number of hydrogen-bond donors (Lipinski definition) is 1. The first kappa shape index (κ1) is 14.8. The molecule has 100 valence electrons. The molecule has 0 radical (unpaired) electrons. The van der Waals surface area contributed by atoms with E-state index in [0.717, 1.165) is 12.2 Å². The van der Waals surface area contributed by atoms with Crippen molar-refractivity contribution >= 4 is 17.0 Å². The van der Waals surface area contributed by atoms with Crippen LogP contribution in [0.1, 0.15) is 36.5 Å². The molecule has 0 saturated carbocycles. The summed E-state index contributed by atoms with van der Waals surface area (Å²) in [5, 5.41) is 2.08. The van der Waals surface area contributed by atoms with Crippen molar-refractivity contribution in [3.63, 3.8) is 0 Å². The molecule has 0 unspecified atom stereocenters.